The molecule has 1 saturated carbocycles. The molecule has 0 radical (unpaired) electrons. The fraction of sp³-hybridized carbons (Fsp3) is 0.500. The lowest BCUT2D eigenvalue weighted by Crippen LogP contribution is -1.82. The number of aldehydes is 1. The molecule has 2 nitrogen and oxygen atoms in total. The van der Waals surface area contributed by atoms with Gasteiger partial charge in [-0.1, -0.05) is 6.92 Å². The number of carbonyl (C=O) groups excluding carboxylic acids is 1. The van der Waals surface area contributed by atoms with Crippen molar-refractivity contribution < 1.29 is 4.79 Å². The molecule has 2 unspecified atom stereocenters. The Hall–Kier alpha value is -0.700. The zero-order valence-corrected chi connectivity index (χ0v) is 7.10. The van der Waals surface area contributed by atoms with Crippen LogP contribution in [0.2, 0.25) is 0 Å². The molecule has 0 spiro atoms. The highest BCUT2D eigenvalue weighted by atomic mass is 32.1. The van der Waals surface area contributed by atoms with Crippen molar-refractivity contribution >= 4 is 17.6 Å². The summed E-state index contributed by atoms with van der Waals surface area (Å²) in [5.41, 5.74) is 0.587. The first kappa shape index (κ1) is 6.98. The van der Waals surface area contributed by atoms with Gasteiger partial charge < -0.3 is 0 Å². The van der Waals surface area contributed by atoms with E-state index in [0.29, 0.717) is 11.6 Å². The van der Waals surface area contributed by atoms with E-state index in [1.165, 1.54) is 6.42 Å². The third-order valence-electron chi connectivity index (χ3n) is 2.09. The average Bonchev–Trinajstić information content (AvgIpc) is 2.59. The Labute approximate surface area is 69.3 Å². The van der Waals surface area contributed by atoms with Crippen LogP contribution in [0.5, 0.6) is 0 Å². The van der Waals surface area contributed by atoms with E-state index in [1.54, 1.807) is 11.3 Å². The molecule has 2 rings (SSSR count). The predicted octanol–water partition coefficient (Wildman–Crippen LogP) is 2.08. The summed E-state index contributed by atoms with van der Waals surface area (Å²) in [5.74, 6) is 1.43. The highest BCUT2D eigenvalue weighted by Crippen LogP contribution is 2.47. The molecule has 0 bridgehead atoms. The minimum Gasteiger partial charge on any atom is -0.296 e. The molecule has 0 amide bonds. The lowest BCUT2D eigenvalue weighted by Gasteiger charge is -1.85. The van der Waals surface area contributed by atoms with Crippen LogP contribution < -0.4 is 0 Å². The molecule has 2 atom stereocenters. The number of thiazole rings is 1. The predicted molar refractivity (Wildman–Crippen MR) is 44.0 cm³/mol. The van der Waals surface area contributed by atoms with Crippen LogP contribution in [0, 0.1) is 5.92 Å². The maximum atomic E-state index is 10.3. The van der Waals surface area contributed by atoms with E-state index in [1.807, 2.05) is 5.38 Å². The number of nitrogens with zero attached hydrogens (tertiary/aromatic N) is 1. The van der Waals surface area contributed by atoms with Gasteiger partial charge in [-0.3, -0.25) is 4.79 Å². The highest BCUT2D eigenvalue weighted by Gasteiger charge is 2.36. The van der Waals surface area contributed by atoms with Crippen LogP contribution in [-0.2, 0) is 0 Å². The van der Waals surface area contributed by atoms with Gasteiger partial charge in [-0.05, 0) is 12.3 Å². The molecule has 0 saturated heterocycles. The third kappa shape index (κ3) is 1.20. The molecule has 11 heavy (non-hydrogen) atoms. The number of hydrogen-bond acceptors (Lipinski definition) is 3. The van der Waals surface area contributed by atoms with Crippen molar-refractivity contribution in [3.63, 3.8) is 0 Å². The van der Waals surface area contributed by atoms with Crippen LogP contribution in [0.15, 0.2) is 5.38 Å². The van der Waals surface area contributed by atoms with Crippen molar-refractivity contribution in [2.75, 3.05) is 0 Å². The third-order valence-corrected chi connectivity index (χ3v) is 3.08. The fourth-order valence-corrected chi connectivity index (χ4v) is 2.20. The molecule has 1 aromatic rings. The van der Waals surface area contributed by atoms with Crippen molar-refractivity contribution in [1.82, 2.24) is 4.98 Å². The van der Waals surface area contributed by atoms with Gasteiger partial charge in [0.25, 0.3) is 0 Å². The lowest BCUT2D eigenvalue weighted by atomic mass is 10.3. The Morgan fingerprint density at radius 3 is 3.00 bits per heavy atom. The summed E-state index contributed by atoms with van der Waals surface area (Å²) in [6.07, 6.45) is 2.05. The molecular formula is C8H9NOS. The molecule has 58 valence electrons. The van der Waals surface area contributed by atoms with Crippen molar-refractivity contribution in [2.24, 2.45) is 5.92 Å². The Morgan fingerprint density at radius 1 is 1.82 bits per heavy atom. The maximum absolute atomic E-state index is 10.3. The molecule has 0 aliphatic heterocycles. The molecule has 1 aliphatic carbocycles. The van der Waals surface area contributed by atoms with Gasteiger partial charge in [-0.2, -0.15) is 0 Å². The highest BCUT2D eigenvalue weighted by molar-refractivity contribution is 7.09. The SMILES string of the molecule is CC1CC1c1nc(C=O)cs1. The van der Waals surface area contributed by atoms with Crippen molar-refractivity contribution in [1.29, 1.82) is 0 Å². The quantitative estimate of drug-likeness (QED) is 0.631. The molecule has 1 fully saturated rings. The first-order valence-electron chi connectivity index (χ1n) is 3.72. The van der Waals surface area contributed by atoms with Gasteiger partial charge in [-0.25, -0.2) is 4.98 Å². The van der Waals surface area contributed by atoms with Gasteiger partial charge in [0, 0.05) is 11.3 Å². The van der Waals surface area contributed by atoms with Crippen LogP contribution in [0.4, 0.5) is 0 Å². The van der Waals surface area contributed by atoms with E-state index >= 15 is 0 Å². The molecular weight excluding hydrogens is 158 g/mol. The summed E-state index contributed by atoms with van der Waals surface area (Å²) in [7, 11) is 0. The van der Waals surface area contributed by atoms with E-state index in [-0.39, 0.29) is 0 Å². The summed E-state index contributed by atoms with van der Waals surface area (Å²) in [4.78, 5) is 14.5. The first-order valence-corrected chi connectivity index (χ1v) is 4.60. The fourth-order valence-electron chi connectivity index (χ4n) is 1.19. The second-order valence-electron chi connectivity index (χ2n) is 3.05. The van der Waals surface area contributed by atoms with Crippen molar-refractivity contribution in [2.45, 2.75) is 19.3 Å². The molecule has 1 aromatic heterocycles. The van der Waals surface area contributed by atoms with Crippen LogP contribution in [-0.4, -0.2) is 11.3 Å². The molecule has 3 heteroatoms. The lowest BCUT2D eigenvalue weighted by molar-refractivity contribution is 0.111. The second kappa shape index (κ2) is 2.41. The Morgan fingerprint density at radius 2 is 2.55 bits per heavy atom. The van der Waals surface area contributed by atoms with E-state index in [9.17, 15) is 4.79 Å². The Kier molecular flexibility index (Phi) is 1.53. The van der Waals surface area contributed by atoms with Gasteiger partial charge >= 0.3 is 0 Å². The standard InChI is InChI=1S/C8H9NOS/c1-5-2-7(5)8-9-6(3-10)4-11-8/h3-5,7H,2H2,1H3. The van der Waals surface area contributed by atoms with Crippen molar-refractivity contribution in [3.8, 4) is 0 Å². The largest absolute Gasteiger partial charge is 0.296 e. The van der Waals surface area contributed by atoms with Gasteiger partial charge in [-0.15, -0.1) is 11.3 Å². The zero-order chi connectivity index (χ0) is 7.84. The van der Waals surface area contributed by atoms with Crippen LogP contribution >= 0.6 is 11.3 Å². The minimum absolute atomic E-state index is 0.587. The monoisotopic (exact) mass is 167 g/mol. The van der Waals surface area contributed by atoms with Gasteiger partial charge in [0.1, 0.15) is 5.69 Å². The second-order valence-corrected chi connectivity index (χ2v) is 3.94. The molecule has 0 aromatic carbocycles. The molecule has 1 aliphatic rings. The molecule has 1 heterocycles. The van der Waals surface area contributed by atoms with Gasteiger partial charge in [0.2, 0.25) is 0 Å². The summed E-state index contributed by atoms with van der Waals surface area (Å²) < 4.78 is 0. The Bertz CT molecular complexity index is 281. The normalized spacial score (nSPS) is 28.5. The van der Waals surface area contributed by atoms with Crippen molar-refractivity contribution in [3.05, 3.63) is 16.1 Å². The summed E-state index contributed by atoms with van der Waals surface area (Å²) >= 11 is 1.61. The van der Waals surface area contributed by atoms with Gasteiger partial charge in [0.15, 0.2) is 6.29 Å². The van der Waals surface area contributed by atoms with Crippen LogP contribution in [0.1, 0.15) is 34.8 Å². The number of aromatic nitrogens is 1. The zero-order valence-electron chi connectivity index (χ0n) is 6.28. The number of rotatable bonds is 2. The van der Waals surface area contributed by atoms with Crippen LogP contribution in [0.3, 0.4) is 0 Å². The topological polar surface area (TPSA) is 30.0 Å². The van der Waals surface area contributed by atoms with E-state index in [2.05, 4.69) is 11.9 Å². The Balaban J connectivity index is 2.19. The smallest absolute Gasteiger partial charge is 0.169 e. The summed E-state index contributed by atoms with van der Waals surface area (Å²) in [5, 5.41) is 2.97. The van der Waals surface area contributed by atoms with E-state index in [4.69, 9.17) is 0 Å². The van der Waals surface area contributed by atoms with Gasteiger partial charge in [0.05, 0.1) is 5.01 Å². The molecule has 0 N–H and O–H groups in total. The number of carbonyl (C=O) groups is 1. The summed E-state index contributed by atoms with van der Waals surface area (Å²) in [6.45, 7) is 2.21. The van der Waals surface area contributed by atoms with E-state index < -0.39 is 0 Å². The van der Waals surface area contributed by atoms with Crippen LogP contribution in [0.25, 0.3) is 0 Å². The summed E-state index contributed by atoms with van der Waals surface area (Å²) in [6, 6.07) is 0. The minimum atomic E-state index is 0.587. The number of hydrogen-bond donors (Lipinski definition) is 0. The van der Waals surface area contributed by atoms with E-state index in [0.717, 1.165) is 17.2 Å². The maximum Gasteiger partial charge on any atom is 0.169 e. The average molecular weight is 167 g/mol. The first-order chi connectivity index (χ1) is 5.31.